The molecule has 3 rings (SSSR count). The zero-order valence-corrected chi connectivity index (χ0v) is 14.7. The number of aromatic nitrogens is 3. The van der Waals surface area contributed by atoms with Crippen LogP contribution in [0.5, 0.6) is 0 Å². The van der Waals surface area contributed by atoms with Gasteiger partial charge in [0.15, 0.2) is 0 Å². The van der Waals surface area contributed by atoms with Gasteiger partial charge in [0.25, 0.3) is 0 Å². The SMILES string of the molecule is O=C(NCCCCCCNc1ncnc2[nH]ccc12)Nc1ccccc1. The lowest BCUT2D eigenvalue weighted by Gasteiger charge is -2.08. The third-order valence-corrected chi connectivity index (χ3v) is 4.07. The number of para-hydroxylation sites is 1. The molecule has 0 saturated carbocycles. The fourth-order valence-corrected chi connectivity index (χ4v) is 2.72. The highest BCUT2D eigenvalue weighted by molar-refractivity contribution is 5.89. The van der Waals surface area contributed by atoms with E-state index in [9.17, 15) is 4.79 Å². The molecule has 2 heterocycles. The molecule has 0 spiro atoms. The number of urea groups is 1. The number of H-pyrrole nitrogens is 1. The minimum Gasteiger partial charge on any atom is -0.369 e. The minimum atomic E-state index is -0.155. The van der Waals surface area contributed by atoms with Gasteiger partial charge in [-0.2, -0.15) is 0 Å². The second-order valence-electron chi connectivity index (χ2n) is 6.05. The average Bonchev–Trinajstić information content (AvgIpc) is 3.14. The maximum Gasteiger partial charge on any atom is 0.319 e. The third-order valence-electron chi connectivity index (χ3n) is 4.07. The third kappa shape index (κ3) is 5.20. The molecule has 1 aromatic carbocycles. The molecule has 7 heteroatoms. The Hall–Kier alpha value is -3.09. The van der Waals surface area contributed by atoms with E-state index in [1.807, 2.05) is 42.6 Å². The molecule has 2 amide bonds. The van der Waals surface area contributed by atoms with Gasteiger partial charge in [-0.1, -0.05) is 31.0 Å². The number of nitrogens with zero attached hydrogens (tertiary/aromatic N) is 2. The van der Waals surface area contributed by atoms with Gasteiger partial charge >= 0.3 is 6.03 Å². The molecule has 0 saturated heterocycles. The van der Waals surface area contributed by atoms with Crippen molar-refractivity contribution in [3.63, 3.8) is 0 Å². The summed E-state index contributed by atoms with van der Waals surface area (Å²) in [7, 11) is 0. The Balaban J connectivity index is 1.24. The molecule has 0 aliphatic heterocycles. The van der Waals surface area contributed by atoms with Crippen molar-refractivity contribution < 1.29 is 4.79 Å². The summed E-state index contributed by atoms with van der Waals surface area (Å²) < 4.78 is 0. The first-order valence-corrected chi connectivity index (χ1v) is 8.95. The Bertz CT molecular complexity index is 817. The number of carbonyl (C=O) groups excluding carboxylic acids is 1. The number of hydrogen-bond donors (Lipinski definition) is 4. The standard InChI is InChI=1S/C19H24N6O/c26-19(25-15-8-4-3-5-9-15)22-12-7-2-1-6-11-20-17-16-10-13-21-18(16)24-14-23-17/h3-5,8-10,13-14H,1-2,6-7,11-12H2,(H2,22,25,26)(H2,20,21,23,24). The van der Waals surface area contributed by atoms with Crippen LogP contribution in [0.2, 0.25) is 0 Å². The molecule has 0 fully saturated rings. The highest BCUT2D eigenvalue weighted by Crippen LogP contribution is 2.17. The summed E-state index contributed by atoms with van der Waals surface area (Å²) in [6.07, 6.45) is 7.65. The Morgan fingerprint density at radius 1 is 0.962 bits per heavy atom. The maximum atomic E-state index is 11.7. The number of fused-ring (bicyclic) bond motifs is 1. The molecule has 26 heavy (non-hydrogen) atoms. The molecule has 7 nitrogen and oxygen atoms in total. The largest absolute Gasteiger partial charge is 0.369 e. The Morgan fingerprint density at radius 3 is 2.62 bits per heavy atom. The van der Waals surface area contributed by atoms with Gasteiger partial charge in [-0.15, -0.1) is 0 Å². The van der Waals surface area contributed by atoms with Gasteiger partial charge in [-0.3, -0.25) is 0 Å². The fraction of sp³-hybridized carbons (Fsp3) is 0.316. The van der Waals surface area contributed by atoms with Crippen molar-refractivity contribution in [2.24, 2.45) is 0 Å². The van der Waals surface area contributed by atoms with Crippen molar-refractivity contribution in [3.8, 4) is 0 Å². The Kier molecular flexibility index (Phi) is 6.41. The van der Waals surface area contributed by atoms with E-state index in [1.165, 1.54) is 0 Å². The van der Waals surface area contributed by atoms with E-state index in [1.54, 1.807) is 6.33 Å². The molecule has 0 aliphatic carbocycles. The van der Waals surface area contributed by atoms with Gasteiger partial charge < -0.3 is 20.9 Å². The number of rotatable bonds is 9. The van der Waals surface area contributed by atoms with Crippen LogP contribution in [0.15, 0.2) is 48.9 Å². The quantitative estimate of drug-likeness (QED) is 0.441. The van der Waals surface area contributed by atoms with Crippen LogP contribution in [-0.4, -0.2) is 34.1 Å². The maximum absolute atomic E-state index is 11.7. The second kappa shape index (κ2) is 9.41. The van der Waals surface area contributed by atoms with Gasteiger partial charge in [-0.25, -0.2) is 14.8 Å². The molecule has 0 unspecified atom stereocenters. The van der Waals surface area contributed by atoms with Crippen LogP contribution in [0.4, 0.5) is 16.3 Å². The molecule has 3 aromatic rings. The molecule has 0 aliphatic rings. The number of hydrogen-bond acceptors (Lipinski definition) is 4. The van der Waals surface area contributed by atoms with E-state index in [0.29, 0.717) is 6.54 Å². The van der Waals surface area contributed by atoms with Crippen LogP contribution in [0, 0.1) is 0 Å². The lowest BCUT2D eigenvalue weighted by molar-refractivity contribution is 0.252. The number of anilines is 2. The topological polar surface area (TPSA) is 94.7 Å². The zero-order valence-electron chi connectivity index (χ0n) is 14.7. The van der Waals surface area contributed by atoms with E-state index in [0.717, 1.165) is 54.8 Å². The first-order valence-electron chi connectivity index (χ1n) is 8.95. The van der Waals surface area contributed by atoms with Crippen LogP contribution in [0.25, 0.3) is 11.0 Å². The molecule has 0 bridgehead atoms. The summed E-state index contributed by atoms with van der Waals surface area (Å²) in [5.74, 6) is 0.871. The van der Waals surface area contributed by atoms with Gasteiger partial charge in [-0.05, 0) is 31.0 Å². The number of aromatic amines is 1. The lowest BCUT2D eigenvalue weighted by Crippen LogP contribution is -2.29. The summed E-state index contributed by atoms with van der Waals surface area (Å²) in [4.78, 5) is 23.3. The van der Waals surface area contributed by atoms with Crippen LogP contribution < -0.4 is 16.0 Å². The number of amides is 2. The fourth-order valence-electron chi connectivity index (χ4n) is 2.72. The summed E-state index contributed by atoms with van der Waals surface area (Å²) >= 11 is 0. The molecular weight excluding hydrogens is 328 g/mol. The monoisotopic (exact) mass is 352 g/mol. The predicted molar refractivity (Wildman–Crippen MR) is 104 cm³/mol. The Labute approximate surface area is 152 Å². The number of benzene rings is 1. The van der Waals surface area contributed by atoms with Crippen molar-refractivity contribution >= 4 is 28.6 Å². The lowest BCUT2D eigenvalue weighted by atomic mass is 10.2. The Morgan fingerprint density at radius 2 is 1.77 bits per heavy atom. The van der Waals surface area contributed by atoms with E-state index in [-0.39, 0.29) is 6.03 Å². The van der Waals surface area contributed by atoms with Crippen molar-refractivity contribution in [2.45, 2.75) is 25.7 Å². The molecule has 136 valence electrons. The molecule has 0 radical (unpaired) electrons. The normalized spacial score (nSPS) is 10.6. The average molecular weight is 352 g/mol. The van der Waals surface area contributed by atoms with Crippen molar-refractivity contribution in [1.29, 1.82) is 0 Å². The van der Waals surface area contributed by atoms with Gasteiger partial charge in [0, 0.05) is 25.0 Å². The van der Waals surface area contributed by atoms with Crippen molar-refractivity contribution in [3.05, 3.63) is 48.9 Å². The highest BCUT2D eigenvalue weighted by atomic mass is 16.2. The van der Waals surface area contributed by atoms with Crippen LogP contribution in [0.3, 0.4) is 0 Å². The van der Waals surface area contributed by atoms with E-state index < -0.39 is 0 Å². The zero-order chi connectivity index (χ0) is 18.0. The summed E-state index contributed by atoms with van der Waals surface area (Å²) in [6, 6.07) is 11.3. The summed E-state index contributed by atoms with van der Waals surface area (Å²) in [5.41, 5.74) is 1.65. The molecule has 4 N–H and O–H groups in total. The van der Waals surface area contributed by atoms with Crippen LogP contribution in [0.1, 0.15) is 25.7 Å². The first-order chi connectivity index (χ1) is 12.8. The van der Waals surface area contributed by atoms with E-state index in [2.05, 4.69) is 30.9 Å². The van der Waals surface area contributed by atoms with Crippen LogP contribution in [-0.2, 0) is 0 Å². The second-order valence-corrected chi connectivity index (χ2v) is 6.05. The minimum absolute atomic E-state index is 0.155. The van der Waals surface area contributed by atoms with Crippen LogP contribution >= 0.6 is 0 Å². The summed E-state index contributed by atoms with van der Waals surface area (Å²) in [5, 5.41) is 10.1. The highest BCUT2D eigenvalue weighted by Gasteiger charge is 2.03. The van der Waals surface area contributed by atoms with E-state index in [4.69, 9.17) is 0 Å². The van der Waals surface area contributed by atoms with E-state index >= 15 is 0 Å². The van der Waals surface area contributed by atoms with Gasteiger partial charge in [0.2, 0.25) is 0 Å². The molecule has 0 atom stereocenters. The van der Waals surface area contributed by atoms with Crippen molar-refractivity contribution in [1.82, 2.24) is 20.3 Å². The van der Waals surface area contributed by atoms with Gasteiger partial charge in [0.05, 0.1) is 5.39 Å². The molecular formula is C19H24N6O. The molecule has 2 aromatic heterocycles. The van der Waals surface area contributed by atoms with Gasteiger partial charge in [0.1, 0.15) is 17.8 Å². The number of nitrogens with one attached hydrogen (secondary N) is 4. The van der Waals surface area contributed by atoms with Crippen molar-refractivity contribution in [2.75, 3.05) is 23.7 Å². The number of unbranched alkanes of at least 4 members (excludes halogenated alkanes) is 3. The smallest absolute Gasteiger partial charge is 0.319 e. The first kappa shape index (κ1) is 17.7. The number of carbonyl (C=O) groups is 1. The predicted octanol–water partition coefficient (Wildman–Crippen LogP) is 3.75. The summed E-state index contributed by atoms with van der Waals surface area (Å²) in [6.45, 7) is 1.56.